The van der Waals surface area contributed by atoms with Gasteiger partial charge < -0.3 is 18.9 Å². The lowest BCUT2D eigenvalue weighted by atomic mass is 10.2. The monoisotopic (exact) mass is 395 g/mol. The number of nitrogens with zero attached hydrogens (tertiary/aromatic N) is 3. The summed E-state index contributed by atoms with van der Waals surface area (Å²) in [6.07, 6.45) is 0. The quantitative estimate of drug-likeness (QED) is 0.748. The molecule has 1 saturated heterocycles. The maximum absolute atomic E-state index is 12.4. The minimum atomic E-state index is 0. The number of carbonyl (C=O) groups excluding carboxylic acids is 1. The summed E-state index contributed by atoms with van der Waals surface area (Å²) in [6, 6.07) is 7.27. The second-order valence-corrected chi connectivity index (χ2v) is 6.43. The van der Waals surface area contributed by atoms with Gasteiger partial charge in [-0.15, -0.1) is 12.4 Å². The summed E-state index contributed by atoms with van der Waals surface area (Å²) in [7, 11) is 1.60. The predicted molar refractivity (Wildman–Crippen MR) is 104 cm³/mol. The first-order valence-corrected chi connectivity index (χ1v) is 8.75. The third kappa shape index (κ3) is 5.37. The van der Waals surface area contributed by atoms with Crippen molar-refractivity contribution in [3.63, 3.8) is 0 Å². The standard InChI is InChI=1S/C19H25N3O4.ClH/c1-14-18(15(2)26-20-14)12-21-7-9-22(10-8-21)19(23)13-25-17-6-4-5-16(11-17)24-3;/h4-6,11H,7-10,12-13H2,1-3H3;1H. The number of amides is 1. The molecule has 0 bridgehead atoms. The van der Waals surface area contributed by atoms with Gasteiger partial charge >= 0.3 is 0 Å². The molecule has 0 saturated carbocycles. The lowest BCUT2D eigenvalue weighted by Crippen LogP contribution is -2.49. The zero-order chi connectivity index (χ0) is 18.5. The molecule has 1 aromatic heterocycles. The molecule has 148 valence electrons. The van der Waals surface area contributed by atoms with Crippen molar-refractivity contribution in [1.29, 1.82) is 0 Å². The van der Waals surface area contributed by atoms with Crippen molar-refractivity contribution in [1.82, 2.24) is 15.0 Å². The van der Waals surface area contributed by atoms with E-state index in [-0.39, 0.29) is 24.9 Å². The van der Waals surface area contributed by atoms with Gasteiger partial charge in [0.2, 0.25) is 0 Å². The molecule has 0 radical (unpaired) electrons. The van der Waals surface area contributed by atoms with Crippen molar-refractivity contribution < 1.29 is 18.8 Å². The summed E-state index contributed by atoms with van der Waals surface area (Å²) in [5.74, 6) is 2.22. The van der Waals surface area contributed by atoms with E-state index in [1.54, 1.807) is 13.2 Å². The number of aryl methyl sites for hydroxylation is 2. The van der Waals surface area contributed by atoms with Crippen LogP contribution in [-0.4, -0.2) is 60.8 Å². The molecule has 0 spiro atoms. The van der Waals surface area contributed by atoms with Crippen LogP contribution in [-0.2, 0) is 11.3 Å². The van der Waals surface area contributed by atoms with E-state index in [1.165, 1.54) is 0 Å². The molecule has 2 aromatic rings. The molecular formula is C19H26ClN3O4. The van der Waals surface area contributed by atoms with Crippen LogP contribution in [0, 0.1) is 13.8 Å². The van der Waals surface area contributed by atoms with Gasteiger partial charge in [-0.25, -0.2) is 0 Å². The van der Waals surface area contributed by atoms with Gasteiger partial charge in [0.05, 0.1) is 12.8 Å². The fourth-order valence-corrected chi connectivity index (χ4v) is 3.03. The molecule has 0 N–H and O–H groups in total. The summed E-state index contributed by atoms with van der Waals surface area (Å²) in [4.78, 5) is 16.6. The highest BCUT2D eigenvalue weighted by atomic mass is 35.5. The van der Waals surface area contributed by atoms with Crippen LogP contribution in [0.25, 0.3) is 0 Å². The first-order valence-electron chi connectivity index (χ1n) is 8.75. The Morgan fingerprint density at radius 3 is 2.52 bits per heavy atom. The fraction of sp³-hybridized carbons (Fsp3) is 0.474. The van der Waals surface area contributed by atoms with Gasteiger partial charge in [-0.3, -0.25) is 9.69 Å². The Bertz CT molecular complexity index is 738. The van der Waals surface area contributed by atoms with Crippen LogP contribution in [0.3, 0.4) is 0 Å². The van der Waals surface area contributed by atoms with Crippen molar-refractivity contribution in [2.75, 3.05) is 39.9 Å². The van der Waals surface area contributed by atoms with Crippen molar-refractivity contribution in [3.8, 4) is 11.5 Å². The fourth-order valence-electron chi connectivity index (χ4n) is 3.03. The van der Waals surface area contributed by atoms with E-state index in [0.29, 0.717) is 24.6 Å². The number of halogens is 1. The summed E-state index contributed by atoms with van der Waals surface area (Å²) >= 11 is 0. The molecule has 1 amide bonds. The van der Waals surface area contributed by atoms with Gasteiger partial charge in [0.15, 0.2) is 6.61 Å². The Kier molecular flexibility index (Phi) is 7.50. The van der Waals surface area contributed by atoms with Gasteiger partial charge in [0, 0.05) is 44.4 Å². The van der Waals surface area contributed by atoms with Crippen LogP contribution in [0.5, 0.6) is 11.5 Å². The van der Waals surface area contributed by atoms with E-state index in [1.807, 2.05) is 36.9 Å². The van der Waals surface area contributed by atoms with Crippen LogP contribution in [0.2, 0.25) is 0 Å². The van der Waals surface area contributed by atoms with Gasteiger partial charge in [0.25, 0.3) is 5.91 Å². The first kappa shape index (κ1) is 21.1. The third-order valence-corrected chi connectivity index (χ3v) is 4.69. The van der Waals surface area contributed by atoms with Crippen LogP contribution < -0.4 is 9.47 Å². The highest BCUT2D eigenvalue weighted by Crippen LogP contribution is 2.19. The third-order valence-electron chi connectivity index (χ3n) is 4.69. The van der Waals surface area contributed by atoms with E-state index >= 15 is 0 Å². The number of aromatic nitrogens is 1. The van der Waals surface area contributed by atoms with E-state index in [0.717, 1.165) is 36.7 Å². The van der Waals surface area contributed by atoms with Crippen LogP contribution >= 0.6 is 12.4 Å². The van der Waals surface area contributed by atoms with Crippen LogP contribution in [0.15, 0.2) is 28.8 Å². The highest BCUT2D eigenvalue weighted by molar-refractivity contribution is 5.85. The van der Waals surface area contributed by atoms with E-state index in [4.69, 9.17) is 14.0 Å². The van der Waals surface area contributed by atoms with Crippen LogP contribution in [0.1, 0.15) is 17.0 Å². The van der Waals surface area contributed by atoms with Crippen molar-refractivity contribution >= 4 is 18.3 Å². The second kappa shape index (κ2) is 9.62. The molecular weight excluding hydrogens is 370 g/mol. The molecule has 0 unspecified atom stereocenters. The smallest absolute Gasteiger partial charge is 0.260 e. The number of piperazine rings is 1. The normalized spacial score (nSPS) is 14.6. The Morgan fingerprint density at radius 2 is 1.89 bits per heavy atom. The Labute approximate surface area is 165 Å². The molecule has 27 heavy (non-hydrogen) atoms. The molecule has 1 aliphatic rings. The van der Waals surface area contributed by atoms with Crippen molar-refractivity contribution in [3.05, 3.63) is 41.3 Å². The molecule has 7 nitrogen and oxygen atoms in total. The maximum atomic E-state index is 12.4. The number of methoxy groups -OCH3 is 1. The largest absolute Gasteiger partial charge is 0.497 e. The van der Waals surface area contributed by atoms with Crippen molar-refractivity contribution in [2.45, 2.75) is 20.4 Å². The SMILES string of the molecule is COc1cccc(OCC(=O)N2CCN(Cc3c(C)noc3C)CC2)c1.Cl. The van der Waals surface area contributed by atoms with Crippen LogP contribution in [0.4, 0.5) is 0 Å². The molecule has 0 atom stereocenters. The maximum Gasteiger partial charge on any atom is 0.260 e. The molecule has 3 rings (SSSR count). The average Bonchev–Trinajstić information content (AvgIpc) is 2.99. The molecule has 8 heteroatoms. The lowest BCUT2D eigenvalue weighted by Gasteiger charge is -2.34. The zero-order valence-electron chi connectivity index (χ0n) is 15.9. The molecule has 1 aromatic carbocycles. The molecule has 0 aliphatic carbocycles. The second-order valence-electron chi connectivity index (χ2n) is 6.43. The molecule has 2 heterocycles. The van der Waals surface area contributed by atoms with E-state index < -0.39 is 0 Å². The molecule has 1 fully saturated rings. The zero-order valence-corrected chi connectivity index (χ0v) is 16.8. The number of rotatable bonds is 6. The van der Waals surface area contributed by atoms with Crippen molar-refractivity contribution in [2.24, 2.45) is 0 Å². The van der Waals surface area contributed by atoms with Gasteiger partial charge in [-0.05, 0) is 26.0 Å². The first-order chi connectivity index (χ1) is 12.6. The number of carbonyl (C=O) groups is 1. The average molecular weight is 396 g/mol. The van der Waals surface area contributed by atoms with Gasteiger partial charge in [-0.2, -0.15) is 0 Å². The molecule has 1 aliphatic heterocycles. The number of hydrogen-bond donors (Lipinski definition) is 0. The van der Waals surface area contributed by atoms with Gasteiger partial charge in [0.1, 0.15) is 17.3 Å². The summed E-state index contributed by atoms with van der Waals surface area (Å²) < 4.78 is 16.0. The van der Waals surface area contributed by atoms with E-state index in [9.17, 15) is 4.79 Å². The summed E-state index contributed by atoms with van der Waals surface area (Å²) in [5.41, 5.74) is 2.08. The Hall–Kier alpha value is -2.25. The van der Waals surface area contributed by atoms with Gasteiger partial charge in [-0.1, -0.05) is 11.2 Å². The lowest BCUT2D eigenvalue weighted by molar-refractivity contribution is -0.135. The Balaban J connectivity index is 0.00000261. The minimum absolute atomic E-state index is 0. The number of ether oxygens (including phenoxy) is 2. The highest BCUT2D eigenvalue weighted by Gasteiger charge is 2.23. The topological polar surface area (TPSA) is 68.0 Å². The Morgan fingerprint density at radius 1 is 1.19 bits per heavy atom. The number of benzene rings is 1. The minimum Gasteiger partial charge on any atom is -0.497 e. The summed E-state index contributed by atoms with van der Waals surface area (Å²) in [5, 5.41) is 4.00. The predicted octanol–water partition coefficient (Wildman–Crippen LogP) is 2.45. The van der Waals surface area contributed by atoms with E-state index in [2.05, 4.69) is 10.1 Å². The summed E-state index contributed by atoms with van der Waals surface area (Å²) in [6.45, 7) is 7.80. The number of hydrogen-bond acceptors (Lipinski definition) is 6.